The van der Waals surface area contributed by atoms with Crippen LogP contribution in [0.1, 0.15) is 11.1 Å². The maximum atomic E-state index is 12.1. The maximum Gasteiger partial charge on any atom is 0.296 e. The van der Waals surface area contributed by atoms with Crippen molar-refractivity contribution < 1.29 is 24.9 Å². The van der Waals surface area contributed by atoms with Gasteiger partial charge in [-0.1, -0.05) is 18.2 Å². The number of methoxy groups -OCH3 is 1. The van der Waals surface area contributed by atoms with Crippen LogP contribution in [-0.2, 0) is 11.3 Å². The van der Waals surface area contributed by atoms with E-state index < -0.39 is 5.91 Å². The summed E-state index contributed by atoms with van der Waals surface area (Å²) in [7, 11) is 1.44. The Morgan fingerprint density at radius 3 is 2.70 bits per heavy atom. The van der Waals surface area contributed by atoms with Gasteiger partial charge in [0.25, 0.3) is 11.7 Å². The summed E-state index contributed by atoms with van der Waals surface area (Å²) in [6.45, 7) is 0.116. The second kappa shape index (κ2) is 8.97. The molecule has 1 amide bonds. The Morgan fingerprint density at radius 2 is 2.04 bits per heavy atom. The highest BCUT2D eigenvalue weighted by Crippen LogP contribution is 2.27. The van der Waals surface area contributed by atoms with E-state index in [0.717, 1.165) is 5.56 Å². The highest BCUT2D eigenvalue weighted by Gasteiger charge is 2.09. The van der Waals surface area contributed by atoms with Gasteiger partial charge >= 0.3 is 0 Å². The van der Waals surface area contributed by atoms with Crippen molar-refractivity contribution >= 4 is 12.0 Å². The lowest BCUT2D eigenvalue weighted by Gasteiger charge is -2.05. The van der Waals surface area contributed by atoms with Gasteiger partial charge < -0.3 is 25.4 Å². The monoisotopic (exact) mass is 367 g/mol. The van der Waals surface area contributed by atoms with Gasteiger partial charge in [0.15, 0.2) is 11.5 Å². The van der Waals surface area contributed by atoms with Crippen molar-refractivity contribution in [2.75, 3.05) is 7.11 Å². The summed E-state index contributed by atoms with van der Waals surface area (Å²) in [5.74, 6) is -0.392. The summed E-state index contributed by atoms with van der Waals surface area (Å²) in [5.41, 5.74) is 1.25. The van der Waals surface area contributed by atoms with Crippen LogP contribution in [0, 0.1) is 11.3 Å². The number of nitrogens with zero attached hydrogens (tertiary/aromatic N) is 1. The van der Waals surface area contributed by atoms with Crippen LogP contribution in [0.3, 0.4) is 0 Å². The van der Waals surface area contributed by atoms with Crippen molar-refractivity contribution in [3.63, 3.8) is 0 Å². The number of hydrogen-bond donors (Lipinski definition) is 3. The van der Waals surface area contributed by atoms with Gasteiger partial charge in [0, 0.05) is 12.6 Å². The molecule has 7 nitrogen and oxygen atoms in total. The zero-order valence-electron chi connectivity index (χ0n) is 14.6. The minimum Gasteiger partial charge on any atom is -0.591 e. The Labute approximate surface area is 156 Å². The molecule has 2 aromatic rings. The van der Waals surface area contributed by atoms with Gasteiger partial charge in [0.1, 0.15) is 11.6 Å². The molecule has 0 aliphatic carbocycles. The number of aromatic hydroxyl groups is 2. The van der Waals surface area contributed by atoms with Crippen molar-refractivity contribution in [2.24, 2.45) is 0 Å². The smallest absolute Gasteiger partial charge is 0.296 e. The van der Waals surface area contributed by atoms with Crippen LogP contribution in [0.2, 0.25) is 0 Å². The van der Waals surface area contributed by atoms with E-state index in [0.29, 0.717) is 11.3 Å². The van der Waals surface area contributed by atoms with E-state index >= 15 is 0 Å². The molecule has 0 atom stereocenters. The lowest BCUT2D eigenvalue weighted by Crippen LogP contribution is -2.23. The highest BCUT2D eigenvalue weighted by molar-refractivity contribution is 5.97. The first-order chi connectivity index (χ1) is 12.9. The van der Waals surface area contributed by atoms with Crippen LogP contribution in [0.25, 0.3) is 6.08 Å². The number of carbonyl (C=O) groups excluding carboxylic acids is 1. The quantitative estimate of drug-likeness (QED) is 0.313. The number of carbonyl (C=O) groups is 1. The van der Waals surface area contributed by atoms with Gasteiger partial charge in [0.2, 0.25) is 5.75 Å². The number of rotatable bonds is 6. The van der Waals surface area contributed by atoms with Gasteiger partial charge in [-0.2, -0.15) is 5.26 Å². The van der Waals surface area contributed by atoms with E-state index in [2.05, 4.69) is 5.32 Å². The number of phenols is 2. The van der Waals surface area contributed by atoms with E-state index in [1.165, 1.54) is 31.4 Å². The number of amides is 1. The van der Waals surface area contributed by atoms with Gasteiger partial charge in [-0.3, -0.25) is 4.79 Å². The zero-order valence-corrected chi connectivity index (χ0v) is 14.6. The molecule has 27 heavy (non-hydrogen) atoms. The van der Waals surface area contributed by atoms with Gasteiger partial charge in [0.05, 0.1) is 7.11 Å². The second-order valence-electron chi connectivity index (χ2n) is 5.52. The molecule has 0 saturated carbocycles. The highest BCUT2D eigenvalue weighted by atomic mass is 16.5. The van der Waals surface area contributed by atoms with Gasteiger partial charge in [-0.25, -0.2) is 0 Å². The normalized spacial score (nSPS) is 11.2. The Bertz CT molecular complexity index is 942. The first-order valence-corrected chi connectivity index (χ1v) is 7.91. The van der Waals surface area contributed by atoms with Gasteiger partial charge in [-0.05, 0) is 41.5 Å². The fraction of sp³-hybridized carbons (Fsp3) is 0.100. The first-order valence-electron chi connectivity index (χ1n) is 7.91. The van der Waals surface area contributed by atoms with Crippen molar-refractivity contribution in [1.29, 1.82) is 5.26 Å². The molecule has 0 saturated heterocycles. The average molecular weight is 367 g/mol. The number of phenolic OH excluding ortho intramolecular Hbond substituents is 2. The molecule has 7 heteroatoms. The third-order valence-corrected chi connectivity index (χ3v) is 3.64. The van der Waals surface area contributed by atoms with Crippen molar-refractivity contribution in [3.05, 3.63) is 65.3 Å². The molecule has 0 heterocycles. The molecule has 0 fully saturated rings. The maximum absolute atomic E-state index is 12.1. The molecule has 0 aromatic heterocycles. The molecular weight excluding hydrogens is 348 g/mol. The largest absolute Gasteiger partial charge is 0.591 e. The van der Waals surface area contributed by atoms with Crippen LogP contribution in [0.15, 0.2) is 54.1 Å². The fourth-order valence-electron chi connectivity index (χ4n) is 2.18. The molecule has 0 bridgehead atoms. The Hall–Kier alpha value is -3.92. The number of benzene rings is 2. The van der Waals surface area contributed by atoms with Crippen molar-refractivity contribution in [2.45, 2.75) is 6.54 Å². The number of allylic oxidation sites excluding steroid dienone is 2. The molecular formula is C20H19N2O5+. The summed E-state index contributed by atoms with van der Waals surface area (Å²) in [6.07, 6.45) is 4.58. The van der Waals surface area contributed by atoms with Crippen molar-refractivity contribution in [1.82, 2.24) is 5.32 Å². The SMILES string of the molecule is COc1cc(/C=C/C=C(\C#N)C(=O)NCc2ccc([OH2+])c(O)c2)ccc1O. The van der Waals surface area contributed by atoms with Crippen LogP contribution < -0.4 is 10.1 Å². The van der Waals surface area contributed by atoms with E-state index in [1.807, 2.05) is 6.07 Å². The van der Waals surface area contributed by atoms with Crippen LogP contribution >= 0.6 is 0 Å². The lowest BCUT2D eigenvalue weighted by molar-refractivity contribution is -0.117. The topological polar surface area (TPSA) is 125 Å². The van der Waals surface area contributed by atoms with E-state index in [9.17, 15) is 15.0 Å². The number of nitriles is 1. The third kappa shape index (κ3) is 5.28. The van der Waals surface area contributed by atoms with Crippen LogP contribution in [-0.4, -0.2) is 28.3 Å². The molecule has 2 aromatic carbocycles. The summed E-state index contributed by atoms with van der Waals surface area (Å²) >= 11 is 0. The molecule has 0 spiro atoms. The Balaban J connectivity index is 2.03. The standard InChI is InChI=1S/C20H18N2O5/c1-27-19-10-13(5-8-17(19)24)3-2-4-15(11-21)20(26)22-12-14-6-7-16(23)18(25)9-14/h2-10,23-25H,12H2,1H3,(H,22,26)/p+1/b3-2+,15-4+. The molecule has 0 aliphatic heterocycles. The van der Waals surface area contributed by atoms with Crippen molar-refractivity contribution in [3.8, 4) is 29.1 Å². The average Bonchev–Trinajstić information content (AvgIpc) is 2.67. The predicted molar refractivity (Wildman–Crippen MR) is 100 cm³/mol. The van der Waals surface area contributed by atoms with E-state index in [-0.39, 0.29) is 29.4 Å². The fourth-order valence-corrected chi connectivity index (χ4v) is 2.18. The second-order valence-corrected chi connectivity index (χ2v) is 5.52. The Kier molecular flexibility index (Phi) is 6.44. The molecule has 138 valence electrons. The van der Waals surface area contributed by atoms with Gasteiger partial charge in [-0.15, -0.1) is 0 Å². The third-order valence-electron chi connectivity index (χ3n) is 3.64. The molecule has 0 aliphatic rings. The number of ether oxygens (including phenoxy) is 1. The minimum atomic E-state index is -0.556. The minimum absolute atomic E-state index is 0.00122. The summed E-state index contributed by atoms with van der Waals surface area (Å²) < 4.78 is 5.02. The predicted octanol–water partition coefficient (Wildman–Crippen LogP) is 2.32. The molecule has 0 unspecified atom stereocenters. The summed E-state index contributed by atoms with van der Waals surface area (Å²) in [6, 6.07) is 11.0. The van der Waals surface area contributed by atoms with E-state index in [1.54, 1.807) is 30.4 Å². The Morgan fingerprint density at radius 1 is 1.26 bits per heavy atom. The van der Waals surface area contributed by atoms with Crippen LogP contribution in [0.5, 0.6) is 23.0 Å². The molecule has 0 radical (unpaired) electrons. The lowest BCUT2D eigenvalue weighted by atomic mass is 10.1. The summed E-state index contributed by atoms with van der Waals surface area (Å²) in [4.78, 5) is 12.1. The first kappa shape index (κ1) is 19.4. The zero-order chi connectivity index (χ0) is 19.8. The number of nitrogens with one attached hydrogen (secondary N) is 1. The number of hydrogen-bond acceptors (Lipinski definition) is 5. The summed E-state index contributed by atoms with van der Waals surface area (Å²) in [5, 5.41) is 38.2. The molecule has 2 rings (SSSR count). The van der Waals surface area contributed by atoms with E-state index in [4.69, 9.17) is 15.1 Å². The molecule has 5 N–H and O–H groups in total. The van der Waals surface area contributed by atoms with Crippen LogP contribution in [0.4, 0.5) is 0 Å².